The third kappa shape index (κ3) is 5.75. The van der Waals surface area contributed by atoms with E-state index < -0.39 is 0 Å². The predicted molar refractivity (Wildman–Crippen MR) is 96.3 cm³/mol. The van der Waals surface area contributed by atoms with Crippen LogP contribution in [0.15, 0.2) is 71.4 Å². The Hall–Kier alpha value is -1.56. The van der Waals surface area contributed by atoms with Crippen LogP contribution in [0.5, 0.6) is 0 Å². The molecule has 0 bridgehead atoms. The van der Waals surface area contributed by atoms with Crippen molar-refractivity contribution in [3.63, 3.8) is 0 Å². The summed E-state index contributed by atoms with van der Waals surface area (Å²) in [6, 6.07) is 0. The Morgan fingerprint density at radius 2 is 1.76 bits per heavy atom. The van der Waals surface area contributed by atoms with E-state index in [4.69, 9.17) is 0 Å². The van der Waals surface area contributed by atoms with Crippen LogP contribution < -0.4 is 0 Å². The molecule has 0 aromatic carbocycles. The predicted octanol–water partition coefficient (Wildman–Crippen LogP) is 6.70. The maximum absolute atomic E-state index is 3.70. The molecule has 0 amide bonds. The molecule has 0 aliphatic heterocycles. The summed E-state index contributed by atoms with van der Waals surface area (Å²) in [5, 5.41) is 0. The second-order valence-corrected chi connectivity index (χ2v) is 6.68. The van der Waals surface area contributed by atoms with E-state index >= 15 is 0 Å². The molecule has 0 saturated heterocycles. The van der Waals surface area contributed by atoms with Crippen molar-refractivity contribution < 1.29 is 0 Å². The van der Waals surface area contributed by atoms with Crippen LogP contribution in [0.2, 0.25) is 0 Å². The van der Waals surface area contributed by atoms with Crippen molar-refractivity contribution in [1.82, 2.24) is 0 Å². The van der Waals surface area contributed by atoms with Crippen LogP contribution in [-0.4, -0.2) is 0 Å². The third-order valence-electron chi connectivity index (χ3n) is 4.15. The van der Waals surface area contributed by atoms with Crippen molar-refractivity contribution >= 4 is 0 Å². The first-order valence-corrected chi connectivity index (χ1v) is 7.89. The Bertz CT molecular complexity index is 516. The zero-order valence-electron chi connectivity index (χ0n) is 14.4. The van der Waals surface area contributed by atoms with Gasteiger partial charge in [-0.2, -0.15) is 0 Å². The van der Waals surface area contributed by atoms with Gasteiger partial charge >= 0.3 is 0 Å². The normalized spacial score (nSPS) is 20.6. The standard InChI is InChI=1S/C21H30/c1-7-10-17(2)11-8-12-18(3)14-15-20-19(4)13-9-16-21(20,5)6/h7-8,10-12,14-15H,1,9,13,16H2,2-6H3/b11-8-,15-14+,17-10+,18-12+. The lowest BCUT2D eigenvalue weighted by molar-refractivity contribution is 0.377. The lowest BCUT2D eigenvalue weighted by Crippen LogP contribution is -2.19. The topological polar surface area (TPSA) is 0 Å². The van der Waals surface area contributed by atoms with Gasteiger partial charge < -0.3 is 0 Å². The molecular weight excluding hydrogens is 252 g/mol. The zero-order valence-corrected chi connectivity index (χ0v) is 14.4. The van der Waals surface area contributed by atoms with Gasteiger partial charge in [0.15, 0.2) is 0 Å². The van der Waals surface area contributed by atoms with Crippen LogP contribution >= 0.6 is 0 Å². The Labute approximate surface area is 131 Å². The van der Waals surface area contributed by atoms with E-state index in [0.717, 1.165) is 0 Å². The van der Waals surface area contributed by atoms with Crippen molar-refractivity contribution in [1.29, 1.82) is 0 Å². The van der Waals surface area contributed by atoms with Crippen LogP contribution in [0.3, 0.4) is 0 Å². The summed E-state index contributed by atoms with van der Waals surface area (Å²) >= 11 is 0. The van der Waals surface area contributed by atoms with E-state index in [-0.39, 0.29) is 0 Å². The Balaban J connectivity index is 2.80. The fourth-order valence-electron chi connectivity index (χ4n) is 2.87. The van der Waals surface area contributed by atoms with E-state index in [1.807, 2.05) is 12.2 Å². The Kier molecular flexibility index (Phi) is 6.68. The van der Waals surface area contributed by atoms with Crippen molar-refractivity contribution in [2.24, 2.45) is 5.41 Å². The summed E-state index contributed by atoms with van der Waals surface area (Å²) in [7, 11) is 0. The first-order chi connectivity index (χ1) is 9.86. The van der Waals surface area contributed by atoms with Crippen molar-refractivity contribution in [3.05, 3.63) is 71.4 Å². The fraction of sp³-hybridized carbons (Fsp3) is 0.429. The number of rotatable bonds is 5. The van der Waals surface area contributed by atoms with E-state index in [1.54, 1.807) is 5.57 Å². The molecule has 21 heavy (non-hydrogen) atoms. The molecular formula is C21H30. The highest BCUT2D eigenvalue weighted by Gasteiger charge is 2.26. The highest BCUT2D eigenvalue weighted by molar-refractivity contribution is 5.37. The fourth-order valence-corrected chi connectivity index (χ4v) is 2.87. The van der Waals surface area contributed by atoms with Gasteiger partial charge in [0.05, 0.1) is 0 Å². The van der Waals surface area contributed by atoms with Gasteiger partial charge in [-0.1, -0.05) is 79.7 Å². The van der Waals surface area contributed by atoms with Crippen LogP contribution in [0, 0.1) is 5.41 Å². The van der Waals surface area contributed by atoms with Gasteiger partial charge in [0.2, 0.25) is 0 Å². The van der Waals surface area contributed by atoms with Crippen LogP contribution in [0.25, 0.3) is 0 Å². The minimum Gasteiger partial charge on any atom is -0.0991 e. The molecule has 0 spiro atoms. The summed E-state index contributed by atoms with van der Waals surface area (Å²) in [5.41, 5.74) is 5.88. The van der Waals surface area contributed by atoms with Gasteiger partial charge in [-0.25, -0.2) is 0 Å². The zero-order chi connectivity index (χ0) is 15.9. The molecule has 0 saturated carbocycles. The van der Waals surface area contributed by atoms with Gasteiger partial charge in [-0.05, 0) is 51.0 Å². The quantitative estimate of drug-likeness (QED) is 0.492. The number of hydrogen-bond donors (Lipinski definition) is 0. The molecule has 0 fully saturated rings. The SMILES string of the molecule is C=C/C=C(C)/C=C\C=C(C)\C=C\C1=C(C)CCCC1(C)C. The smallest absolute Gasteiger partial charge is 0.0104 e. The van der Waals surface area contributed by atoms with Crippen LogP contribution in [0.4, 0.5) is 0 Å². The molecule has 114 valence electrons. The molecule has 0 nitrogen and oxygen atoms in total. The van der Waals surface area contributed by atoms with Gasteiger partial charge in [-0.3, -0.25) is 0 Å². The third-order valence-corrected chi connectivity index (χ3v) is 4.15. The van der Waals surface area contributed by atoms with Gasteiger partial charge in [0.25, 0.3) is 0 Å². The molecule has 1 rings (SSSR count). The average Bonchev–Trinajstić information content (AvgIpc) is 2.37. The van der Waals surface area contributed by atoms with Gasteiger partial charge in [-0.15, -0.1) is 0 Å². The molecule has 0 atom stereocenters. The second-order valence-electron chi connectivity index (χ2n) is 6.68. The van der Waals surface area contributed by atoms with Crippen LogP contribution in [-0.2, 0) is 0 Å². The summed E-state index contributed by atoms with van der Waals surface area (Å²) in [5.74, 6) is 0. The van der Waals surface area contributed by atoms with E-state index in [1.165, 1.54) is 36.0 Å². The summed E-state index contributed by atoms with van der Waals surface area (Å²) in [4.78, 5) is 0. The highest BCUT2D eigenvalue weighted by Crippen LogP contribution is 2.40. The summed E-state index contributed by atoms with van der Waals surface area (Å²) in [6.45, 7) is 14.9. The van der Waals surface area contributed by atoms with E-state index in [0.29, 0.717) is 5.41 Å². The molecule has 0 unspecified atom stereocenters. The Morgan fingerprint density at radius 1 is 1.10 bits per heavy atom. The molecule has 0 N–H and O–H groups in total. The van der Waals surface area contributed by atoms with Crippen molar-refractivity contribution in [2.75, 3.05) is 0 Å². The Morgan fingerprint density at radius 3 is 2.38 bits per heavy atom. The first-order valence-electron chi connectivity index (χ1n) is 7.89. The highest BCUT2D eigenvalue weighted by atomic mass is 14.3. The lowest BCUT2D eigenvalue weighted by atomic mass is 9.72. The minimum atomic E-state index is 0.318. The molecule has 0 heterocycles. The van der Waals surface area contributed by atoms with Gasteiger partial charge in [0, 0.05) is 0 Å². The summed E-state index contributed by atoms with van der Waals surface area (Å²) < 4.78 is 0. The molecule has 0 aromatic rings. The maximum atomic E-state index is 3.70. The molecule has 1 aliphatic carbocycles. The molecule has 1 aliphatic rings. The largest absolute Gasteiger partial charge is 0.0991 e. The first kappa shape index (κ1) is 17.5. The van der Waals surface area contributed by atoms with Crippen LogP contribution in [0.1, 0.15) is 53.9 Å². The molecule has 0 radical (unpaired) electrons. The number of allylic oxidation sites excluding steroid dienone is 11. The second kappa shape index (κ2) is 8.02. The number of hydrogen-bond acceptors (Lipinski definition) is 0. The van der Waals surface area contributed by atoms with E-state index in [9.17, 15) is 0 Å². The minimum absolute atomic E-state index is 0.318. The monoisotopic (exact) mass is 282 g/mol. The molecule has 0 heteroatoms. The lowest BCUT2D eigenvalue weighted by Gasteiger charge is -2.32. The molecule has 0 aromatic heterocycles. The average molecular weight is 282 g/mol. The van der Waals surface area contributed by atoms with Crippen molar-refractivity contribution in [2.45, 2.75) is 53.9 Å². The summed E-state index contributed by atoms with van der Waals surface area (Å²) in [6.07, 6.45) is 18.6. The van der Waals surface area contributed by atoms with Gasteiger partial charge in [0.1, 0.15) is 0 Å². The maximum Gasteiger partial charge on any atom is -0.0104 e. The van der Waals surface area contributed by atoms with E-state index in [2.05, 4.69) is 71.6 Å². The van der Waals surface area contributed by atoms with Crippen molar-refractivity contribution in [3.8, 4) is 0 Å².